The van der Waals surface area contributed by atoms with Gasteiger partial charge in [0.2, 0.25) is 15.8 Å². The number of nitrogens with zero attached hydrogens (tertiary/aromatic N) is 2. The van der Waals surface area contributed by atoms with Gasteiger partial charge in [-0.2, -0.15) is 0 Å². The van der Waals surface area contributed by atoms with Crippen molar-refractivity contribution in [1.82, 2.24) is 9.97 Å². The second kappa shape index (κ2) is 8.96. The predicted molar refractivity (Wildman–Crippen MR) is 125 cm³/mol. The van der Waals surface area contributed by atoms with Crippen LogP contribution in [0.4, 0.5) is 14.5 Å². The van der Waals surface area contributed by atoms with E-state index in [0.717, 1.165) is 30.3 Å². The topological polar surface area (TPSA) is 103 Å². The summed E-state index contributed by atoms with van der Waals surface area (Å²) in [6, 6.07) is 11.1. The molecular formula is C24H21F2N3O4S. The Morgan fingerprint density at radius 1 is 1.12 bits per heavy atom. The number of aromatic nitrogens is 2. The second-order valence-corrected chi connectivity index (χ2v) is 9.90. The van der Waals surface area contributed by atoms with Crippen LogP contribution in [-0.2, 0) is 10.0 Å². The minimum Gasteiger partial charge on any atom is -0.395 e. The number of ketones is 1. The maximum atomic E-state index is 15.3. The number of aryl methyl sites for hydroxylation is 1. The summed E-state index contributed by atoms with van der Waals surface area (Å²) in [5, 5.41) is 9.34. The van der Waals surface area contributed by atoms with Crippen molar-refractivity contribution in [3.05, 3.63) is 83.2 Å². The van der Waals surface area contributed by atoms with Gasteiger partial charge in [-0.3, -0.25) is 9.10 Å². The number of benzene rings is 2. The van der Waals surface area contributed by atoms with Crippen molar-refractivity contribution < 1.29 is 27.1 Å². The highest BCUT2D eigenvalue weighted by Gasteiger charge is 2.28. The molecule has 4 rings (SSSR count). The number of aromatic amines is 1. The molecule has 2 heterocycles. The highest BCUT2D eigenvalue weighted by atomic mass is 32.2. The normalized spacial score (nSPS) is 11.7. The number of H-pyrrole nitrogens is 1. The Labute approximate surface area is 194 Å². The van der Waals surface area contributed by atoms with Gasteiger partial charge in [-0.15, -0.1) is 0 Å². The zero-order chi connectivity index (χ0) is 24.6. The number of fused-ring (bicyclic) bond motifs is 1. The number of anilines is 1. The van der Waals surface area contributed by atoms with Gasteiger partial charge in [0, 0.05) is 36.0 Å². The van der Waals surface area contributed by atoms with Gasteiger partial charge in [0.15, 0.2) is 5.82 Å². The molecule has 0 bridgehead atoms. The highest BCUT2D eigenvalue weighted by Crippen LogP contribution is 2.31. The molecule has 0 saturated heterocycles. The van der Waals surface area contributed by atoms with E-state index in [9.17, 15) is 17.6 Å². The number of hydrogen-bond donors (Lipinski definition) is 2. The lowest BCUT2D eigenvalue weighted by Gasteiger charge is -2.20. The van der Waals surface area contributed by atoms with E-state index in [1.54, 1.807) is 12.3 Å². The van der Waals surface area contributed by atoms with Gasteiger partial charge in [-0.05, 0) is 30.7 Å². The predicted octanol–water partition coefficient (Wildman–Crippen LogP) is 3.81. The first-order valence-corrected chi connectivity index (χ1v) is 11.9. The minimum absolute atomic E-state index is 0.00715. The first kappa shape index (κ1) is 23.5. The minimum atomic E-state index is -4.08. The summed E-state index contributed by atoms with van der Waals surface area (Å²) in [5.41, 5.74) is 1.61. The molecule has 0 amide bonds. The number of aliphatic hydroxyl groups excluding tert-OH is 1. The van der Waals surface area contributed by atoms with Crippen LogP contribution in [-0.4, -0.2) is 48.7 Å². The van der Waals surface area contributed by atoms with E-state index in [0.29, 0.717) is 20.9 Å². The van der Waals surface area contributed by atoms with Crippen molar-refractivity contribution >= 4 is 32.5 Å². The van der Waals surface area contributed by atoms with Crippen LogP contribution < -0.4 is 4.31 Å². The molecule has 7 nitrogen and oxygen atoms in total. The molecule has 0 saturated carbocycles. The fourth-order valence-electron chi connectivity index (χ4n) is 3.62. The second-order valence-electron chi connectivity index (χ2n) is 7.78. The molecule has 0 atom stereocenters. The van der Waals surface area contributed by atoms with Crippen molar-refractivity contribution in [2.24, 2.45) is 0 Å². The largest absolute Gasteiger partial charge is 0.395 e. The average molecular weight is 486 g/mol. The molecule has 34 heavy (non-hydrogen) atoms. The van der Waals surface area contributed by atoms with Gasteiger partial charge in [-0.25, -0.2) is 22.2 Å². The molecule has 0 aliphatic rings. The Kier molecular flexibility index (Phi) is 6.20. The quantitative estimate of drug-likeness (QED) is 0.388. The summed E-state index contributed by atoms with van der Waals surface area (Å²) in [6.45, 7) is 1.28. The molecule has 10 heteroatoms. The Balaban J connectivity index is 1.81. The van der Waals surface area contributed by atoms with Gasteiger partial charge in [0.25, 0.3) is 0 Å². The number of carbonyl (C=O) groups excluding carboxylic acids is 1. The van der Waals surface area contributed by atoms with E-state index in [2.05, 4.69) is 9.97 Å². The van der Waals surface area contributed by atoms with Crippen LogP contribution in [0.1, 0.15) is 21.5 Å². The van der Waals surface area contributed by atoms with Gasteiger partial charge >= 0.3 is 0 Å². The van der Waals surface area contributed by atoms with E-state index >= 15 is 4.39 Å². The molecule has 0 aliphatic carbocycles. The Hall–Kier alpha value is -3.63. The van der Waals surface area contributed by atoms with Crippen molar-refractivity contribution in [2.45, 2.75) is 6.92 Å². The summed E-state index contributed by atoms with van der Waals surface area (Å²) in [7, 11) is -3.01. The Bertz CT molecular complexity index is 1500. The first-order valence-electron chi connectivity index (χ1n) is 10.3. The molecule has 4 aromatic rings. The van der Waals surface area contributed by atoms with Gasteiger partial charge in [0.1, 0.15) is 11.5 Å². The number of pyridine rings is 1. The van der Waals surface area contributed by atoms with Crippen molar-refractivity contribution in [3.8, 4) is 11.1 Å². The van der Waals surface area contributed by atoms with E-state index in [1.165, 1.54) is 6.20 Å². The van der Waals surface area contributed by atoms with Crippen LogP contribution in [0.2, 0.25) is 0 Å². The van der Waals surface area contributed by atoms with E-state index in [-0.39, 0.29) is 5.56 Å². The van der Waals surface area contributed by atoms with Crippen LogP contribution in [0, 0.1) is 18.6 Å². The molecule has 176 valence electrons. The molecule has 0 spiro atoms. The number of halogens is 2. The van der Waals surface area contributed by atoms with E-state index < -0.39 is 51.1 Å². The highest BCUT2D eigenvalue weighted by molar-refractivity contribution is 7.92. The zero-order valence-electron chi connectivity index (χ0n) is 18.3. The summed E-state index contributed by atoms with van der Waals surface area (Å²) in [4.78, 5) is 20.4. The third-order valence-electron chi connectivity index (χ3n) is 5.56. The number of carbonyl (C=O) groups is 1. The van der Waals surface area contributed by atoms with Crippen LogP contribution in [0.5, 0.6) is 0 Å². The lowest BCUT2D eigenvalue weighted by atomic mass is 9.99. The molecular weight excluding hydrogens is 464 g/mol. The summed E-state index contributed by atoms with van der Waals surface area (Å²) < 4.78 is 55.1. The standard InChI is InChI=1S/C24H21F2N3O4S/c1-14-3-5-15(6-4-14)16-11-17-18(13-28-24(17)27-12-16)23(31)21-19(25)7-8-20(22(21)26)29(2)34(32,33)10-9-30/h3-8,11-13,30H,9-10H2,1-2H3,(H,27,28). The maximum Gasteiger partial charge on any atom is 0.237 e. The maximum absolute atomic E-state index is 15.3. The van der Waals surface area contributed by atoms with Crippen molar-refractivity contribution in [2.75, 3.05) is 23.7 Å². The first-order chi connectivity index (χ1) is 16.1. The SMILES string of the molecule is Cc1ccc(-c2cnc3[nH]cc(C(=O)c4c(F)ccc(N(C)S(=O)(=O)CCO)c4F)c3c2)cc1. The molecule has 2 aromatic heterocycles. The van der Waals surface area contributed by atoms with Gasteiger partial charge in [0.05, 0.1) is 23.6 Å². The summed E-state index contributed by atoms with van der Waals surface area (Å²) in [6.07, 6.45) is 2.94. The van der Waals surface area contributed by atoms with Crippen LogP contribution in [0.15, 0.2) is 54.9 Å². The van der Waals surface area contributed by atoms with Crippen molar-refractivity contribution in [1.29, 1.82) is 0 Å². The Morgan fingerprint density at radius 3 is 2.50 bits per heavy atom. The Morgan fingerprint density at radius 2 is 1.82 bits per heavy atom. The smallest absolute Gasteiger partial charge is 0.237 e. The monoisotopic (exact) mass is 485 g/mol. The number of sulfonamides is 1. The lowest BCUT2D eigenvalue weighted by Crippen LogP contribution is -2.31. The third kappa shape index (κ3) is 4.17. The van der Waals surface area contributed by atoms with E-state index in [1.807, 2.05) is 31.2 Å². The molecule has 0 aliphatic heterocycles. The van der Waals surface area contributed by atoms with Crippen LogP contribution >= 0.6 is 0 Å². The number of nitrogens with one attached hydrogen (secondary N) is 1. The number of hydrogen-bond acceptors (Lipinski definition) is 5. The van der Waals surface area contributed by atoms with Crippen molar-refractivity contribution in [3.63, 3.8) is 0 Å². The molecule has 2 N–H and O–H groups in total. The third-order valence-corrected chi connectivity index (χ3v) is 7.29. The zero-order valence-corrected chi connectivity index (χ0v) is 19.2. The lowest BCUT2D eigenvalue weighted by molar-refractivity contribution is 0.103. The number of rotatable bonds is 7. The van der Waals surface area contributed by atoms with Gasteiger partial charge in [-0.1, -0.05) is 29.8 Å². The summed E-state index contributed by atoms with van der Waals surface area (Å²) in [5.74, 6) is -4.06. The van der Waals surface area contributed by atoms with Crippen LogP contribution in [0.25, 0.3) is 22.2 Å². The number of aliphatic hydroxyl groups is 1. The average Bonchev–Trinajstić information content (AvgIpc) is 3.22. The molecule has 0 fully saturated rings. The molecule has 2 aromatic carbocycles. The molecule has 0 unspecified atom stereocenters. The van der Waals surface area contributed by atoms with E-state index in [4.69, 9.17) is 5.11 Å². The van der Waals surface area contributed by atoms with Crippen LogP contribution in [0.3, 0.4) is 0 Å². The molecule has 0 radical (unpaired) electrons. The summed E-state index contributed by atoms with van der Waals surface area (Å²) >= 11 is 0. The van der Waals surface area contributed by atoms with Gasteiger partial charge < -0.3 is 10.1 Å². The fourth-order valence-corrected chi connectivity index (χ4v) is 4.57. The fraction of sp³-hybridized carbons (Fsp3) is 0.167.